The highest BCUT2D eigenvalue weighted by Gasteiger charge is 2.14. The van der Waals surface area contributed by atoms with E-state index in [-0.39, 0.29) is 16.7 Å². The SMILES string of the molecule is Cc1cc(-c2ccc(F)c(C(=O)O)c2)c(F)cc1F. The second-order valence-corrected chi connectivity index (χ2v) is 4.08. The molecule has 0 amide bonds. The highest BCUT2D eigenvalue weighted by atomic mass is 19.1. The first kappa shape index (κ1) is 13.1. The summed E-state index contributed by atoms with van der Waals surface area (Å²) in [6.07, 6.45) is 0. The van der Waals surface area contributed by atoms with E-state index in [0.29, 0.717) is 6.07 Å². The maximum Gasteiger partial charge on any atom is 0.338 e. The Hall–Kier alpha value is -2.30. The first-order chi connectivity index (χ1) is 8.90. The van der Waals surface area contributed by atoms with E-state index in [0.717, 1.165) is 12.1 Å². The van der Waals surface area contributed by atoms with Gasteiger partial charge in [-0.15, -0.1) is 0 Å². The molecule has 0 saturated heterocycles. The van der Waals surface area contributed by atoms with E-state index in [9.17, 15) is 18.0 Å². The van der Waals surface area contributed by atoms with Gasteiger partial charge in [0.1, 0.15) is 17.5 Å². The van der Waals surface area contributed by atoms with Gasteiger partial charge in [0.15, 0.2) is 0 Å². The van der Waals surface area contributed by atoms with E-state index in [2.05, 4.69) is 0 Å². The predicted octanol–water partition coefficient (Wildman–Crippen LogP) is 3.78. The molecule has 0 heterocycles. The van der Waals surface area contributed by atoms with Crippen molar-refractivity contribution in [1.82, 2.24) is 0 Å². The van der Waals surface area contributed by atoms with Crippen molar-refractivity contribution in [2.45, 2.75) is 6.92 Å². The Morgan fingerprint density at radius 1 is 1.00 bits per heavy atom. The third-order valence-corrected chi connectivity index (χ3v) is 2.76. The van der Waals surface area contributed by atoms with Crippen molar-refractivity contribution in [3.8, 4) is 11.1 Å². The molecule has 19 heavy (non-hydrogen) atoms. The van der Waals surface area contributed by atoms with Crippen molar-refractivity contribution in [2.75, 3.05) is 0 Å². The van der Waals surface area contributed by atoms with Gasteiger partial charge in [-0.1, -0.05) is 6.07 Å². The number of rotatable bonds is 2. The van der Waals surface area contributed by atoms with E-state index in [4.69, 9.17) is 5.11 Å². The Morgan fingerprint density at radius 3 is 2.32 bits per heavy atom. The molecule has 2 aromatic carbocycles. The minimum absolute atomic E-state index is 0.0291. The van der Waals surface area contributed by atoms with E-state index in [1.807, 2.05) is 0 Å². The van der Waals surface area contributed by atoms with Crippen molar-refractivity contribution >= 4 is 5.97 Å². The van der Waals surface area contributed by atoms with Gasteiger partial charge in [0, 0.05) is 11.6 Å². The summed E-state index contributed by atoms with van der Waals surface area (Å²) in [4.78, 5) is 10.8. The molecule has 0 unspecified atom stereocenters. The minimum Gasteiger partial charge on any atom is -0.478 e. The van der Waals surface area contributed by atoms with Gasteiger partial charge in [0.2, 0.25) is 0 Å². The van der Waals surface area contributed by atoms with E-state index in [1.165, 1.54) is 19.1 Å². The molecule has 0 spiro atoms. The zero-order chi connectivity index (χ0) is 14.2. The second kappa shape index (κ2) is 4.76. The van der Waals surface area contributed by atoms with Crippen LogP contribution in [0.1, 0.15) is 15.9 Å². The number of carbonyl (C=O) groups is 1. The fourth-order valence-electron chi connectivity index (χ4n) is 1.74. The topological polar surface area (TPSA) is 37.3 Å². The molecule has 0 saturated carbocycles. The first-order valence-electron chi connectivity index (χ1n) is 5.39. The Labute approximate surface area is 107 Å². The molecule has 0 aliphatic heterocycles. The van der Waals surface area contributed by atoms with Crippen LogP contribution in [0.2, 0.25) is 0 Å². The summed E-state index contributed by atoms with van der Waals surface area (Å²) >= 11 is 0. The molecule has 0 aromatic heterocycles. The van der Waals surface area contributed by atoms with Crippen molar-refractivity contribution < 1.29 is 23.1 Å². The van der Waals surface area contributed by atoms with E-state index < -0.39 is 29.0 Å². The quantitative estimate of drug-likeness (QED) is 0.898. The average molecular weight is 266 g/mol. The molecule has 0 aliphatic carbocycles. The van der Waals surface area contributed by atoms with Crippen molar-refractivity contribution in [3.05, 3.63) is 58.9 Å². The number of carboxylic acids is 1. The number of hydrogen-bond donors (Lipinski definition) is 1. The molecule has 0 fully saturated rings. The van der Waals surface area contributed by atoms with Gasteiger partial charge in [-0.2, -0.15) is 0 Å². The summed E-state index contributed by atoms with van der Waals surface area (Å²) < 4.78 is 40.1. The molecular weight excluding hydrogens is 257 g/mol. The Bertz CT molecular complexity index is 666. The average Bonchev–Trinajstić information content (AvgIpc) is 2.34. The van der Waals surface area contributed by atoms with Gasteiger partial charge in [-0.05, 0) is 36.2 Å². The zero-order valence-corrected chi connectivity index (χ0v) is 9.88. The van der Waals surface area contributed by atoms with Crippen LogP contribution < -0.4 is 0 Å². The molecule has 0 bridgehead atoms. The standard InChI is InChI=1S/C14H9F3O2/c1-7-4-9(13(17)6-12(7)16)8-2-3-11(15)10(5-8)14(18)19/h2-6H,1H3,(H,18,19). The van der Waals surface area contributed by atoms with Crippen molar-refractivity contribution in [1.29, 1.82) is 0 Å². The van der Waals surface area contributed by atoms with Crippen LogP contribution in [0.4, 0.5) is 13.2 Å². The summed E-state index contributed by atoms with van der Waals surface area (Å²) in [5.74, 6) is -3.87. The lowest BCUT2D eigenvalue weighted by atomic mass is 10.00. The highest BCUT2D eigenvalue weighted by molar-refractivity contribution is 5.89. The molecule has 0 radical (unpaired) electrons. The Morgan fingerprint density at radius 2 is 1.68 bits per heavy atom. The van der Waals surface area contributed by atoms with Crippen molar-refractivity contribution in [2.24, 2.45) is 0 Å². The van der Waals surface area contributed by atoms with Crippen LogP contribution in [-0.4, -0.2) is 11.1 Å². The van der Waals surface area contributed by atoms with Gasteiger partial charge in [-0.3, -0.25) is 0 Å². The van der Waals surface area contributed by atoms with Crippen molar-refractivity contribution in [3.63, 3.8) is 0 Å². The maximum absolute atomic E-state index is 13.7. The maximum atomic E-state index is 13.7. The summed E-state index contributed by atoms with van der Waals surface area (Å²) in [6.45, 7) is 1.46. The molecule has 1 N–H and O–H groups in total. The Balaban J connectivity index is 2.63. The molecule has 2 aromatic rings. The van der Waals surface area contributed by atoms with Gasteiger partial charge in [0.05, 0.1) is 5.56 Å². The van der Waals surface area contributed by atoms with Crippen LogP contribution in [0.5, 0.6) is 0 Å². The lowest BCUT2D eigenvalue weighted by Crippen LogP contribution is -2.01. The van der Waals surface area contributed by atoms with Crippen LogP contribution in [-0.2, 0) is 0 Å². The minimum atomic E-state index is -1.45. The number of hydrogen-bond acceptors (Lipinski definition) is 1. The molecule has 0 aliphatic rings. The third kappa shape index (κ3) is 2.45. The summed E-state index contributed by atoms with van der Waals surface area (Å²) in [6, 6.07) is 5.18. The molecule has 0 atom stereocenters. The molecule has 2 nitrogen and oxygen atoms in total. The van der Waals surface area contributed by atoms with Crippen LogP contribution in [0.3, 0.4) is 0 Å². The zero-order valence-electron chi connectivity index (χ0n) is 9.88. The lowest BCUT2D eigenvalue weighted by molar-refractivity contribution is 0.0692. The van der Waals surface area contributed by atoms with Crippen LogP contribution in [0.15, 0.2) is 30.3 Å². The fourth-order valence-corrected chi connectivity index (χ4v) is 1.74. The smallest absolute Gasteiger partial charge is 0.338 e. The second-order valence-electron chi connectivity index (χ2n) is 4.08. The fraction of sp³-hybridized carbons (Fsp3) is 0.0714. The van der Waals surface area contributed by atoms with Gasteiger partial charge >= 0.3 is 5.97 Å². The third-order valence-electron chi connectivity index (χ3n) is 2.76. The van der Waals surface area contributed by atoms with E-state index >= 15 is 0 Å². The van der Waals surface area contributed by atoms with Crippen LogP contribution in [0.25, 0.3) is 11.1 Å². The number of aromatic carboxylic acids is 1. The number of benzene rings is 2. The summed E-state index contributed by atoms with van der Waals surface area (Å²) in [5, 5.41) is 8.81. The molecule has 2 rings (SSSR count). The molecule has 98 valence electrons. The monoisotopic (exact) mass is 266 g/mol. The normalized spacial score (nSPS) is 10.5. The first-order valence-corrected chi connectivity index (χ1v) is 5.39. The van der Waals surface area contributed by atoms with Gasteiger partial charge in [-0.25, -0.2) is 18.0 Å². The lowest BCUT2D eigenvalue weighted by Gasteiger charge is -2.07. The predicted molar refractivity (Wildman–Crippen MR) is 63.4 cm³/mol. The number of aryl methyl sites for hydroxylation is 1. The number of halogens is 3. The summed E-state index contributed by atoms with van der Waals surface area (Å²) in [7, 11) is 0. The van der Waals surface area contributed by atoms with E-state index in [1.54, 1.807) is 0 Å². The Kier molecular flexibility index (Phi) is 3.29. The highest BCUT2D eigenvalue weighted by Crippen LogP contribution is 2.27. The molecular formula is C14H9F3O2. The van der Waals surface area contributed by atoms with Gasteiger partial charge < -0.3 is 5.11 Å². The van der Waals surface area contributed by atoms with Crippen LogP contribution in [0, 0.1) is 24.4 Å². The molecule has 5 heteroatoms. The largest absolute Gasteiger partial charge is 0.478 e. The summed E-state index contributed by atoms with van der Waals surface area (Å²) in [5.41, 5.74) is -0.128. The van der Waals surface area contributed by atoms with Crippen LogP contribution >= 0.6 is 0 Å². The van der Waals surface area contributed by atoms with Gasteiger partial charge in [0.25, 0.3) is 0 Å². The number of carboxylic acid groups (broad SMARTS) is 1.